The maximum Gasteiger partial charge on any atom is 0.141 e. The Morgan fingerprint density at radius 1 is 0.667 bits per heavy atom. The number of thiophene rings is 1. The third kappa shape index (κ3) is 2.77. The van der Waals surface area contributed by atoms with E-state index in [0.717, 1.165) is 11.1 Å². The molecule has 0 aliphatic rings. The molecule has 0 fully saturated rings. The molecule has 0 saturated heterocycles. The van der Waals surface area contributed by atoms with Gasteiger partial charge >= 0.3 is 0 Å². The maximum absolute atomic E-state index is 9.03. The fourth-order valence-electron chi connectivity index (χ4n) is 3.43. The van der Waals surface area contributed by atoms with Gasteiger partial charge in [0.2, 0.25) is 0 Å². The number of pyridine rings is 1. The van der Waals surface area contributed by atoms with E-state index in [2.05, 4.69) is 77.8 Å². The Bertz CT molecular complexity index is 1320. The number of rotatable bonds is 2. The monoisotopic (exact) mass is 362 g/mol. The lowest BCUT2D eigenvalue weighted by Gasteiger charge is -2.06. The van der Waals surface area contributed by atoms with Crippen molar-refractivity contribution in [2.45, 2.75) is 0 Å². The first-order valence-corrected chi connectivity index (χ1v) is 9.52. The number of hydrogen-bond acceptors (Lipinski definition) is 3. The average molecular weight is 362 g/mol. The van der Waals surface area contributed by atoms with Crippen LogP contribution in [-0.4, -0.2) is 4.98 Å². The highest BCUT2D eigenvalue weighted by molar-refractivity contribution is 7.25. The highest BCUT2D eigenvalue weighted by Gasteiger charge is 2.07. The molecular formula is C24H14N2S. The van der Waals surface area contributed by atoms with Crippen LogP contribution in [0.25, 0.3) is 42.4 Å². The van der Waals surface area contributed by atoms with Crippen LogP contribution in [-0.2, 0) is 0 Å². The van der Waals surface area contributed by atoms with E-state index < -0.39 is 0 Å². The van der Waals surface area contributed by atoms with Crippen LogP contribution < -0.4 is 0 Å². The molecule has 126 valence electrons. The fourth-order valence-corrected chi connectivity index (χ4v) is 4.58. The van der Waals surface area contributed by atoms with Gasteiger partial charge in [-0.3, -0.25) is 0 Å². The molecule has 0 N–H and O–H groups in total. The molecule has 0 amide bonds. The van der Waals surface area contributed by atoms with Gasteiger partial charge in [0.05, 0.1) is 0 Å². The molecule has 0 radical (unpaired) electrons. The highest BCUT2D eigenvalue weighted by atomic mass is 32.1. The van der Waals surface area contributed by atoms with Crippen LogP contribution in [0, 0.1) is 11.3 Å². The van der Waals surface area contributed by atoms with Crippen LogP contribution in [0.5, 0.6) is 0 Å². The maximum atomic E-state index is 9.03. The van der Waals surface area contributed by atoms with E-state index in [-0.39, 0.29) is 0 Å². The van der Waals surface area contributed by atoms with Crippen LogP contribution in [0.15, 0.2) is 85.1 Å². The summed E-state index contributed by atoms with van der Waals surface area (Å²) in [5, 5.41) is 11.7. The molecular weight excluding hydrogens is 348 g/mol. The summed E-state index contributed by atoms with van der Waals surface area (Å²) in [6.07, 6.45) is 1.68. The third-order valence-corrected chi connectivity index (χ3v) is 5.94. The number of fused-ring (bicyclic) bond motifs is 3. The average Bonchev–Trinajstić information content (AvgIpc) is 3.12. The summed E-state index contributed by atoms with van der Waals surface area (Å²) in [5.41, 5.74) is 4.93. The van der Waals surface area contributed by atoms with Gasteiger partial charge in [-0.2, -0.15) is 5.26 Å². The van der Waals surface area contributed by atoms with Gasteiger partial charge < -0.3 is 0 Å². The Hall–Kier alpha value is -3.48. The molecule has 3 heteroatoms. The Balaban J connectivity index is 1.54. The Labute approximate surface area is 161 Å². The van der Waals surface area contributed by atoms with Gasteiger partial charge in [0, 0.05) is 26.4 Å². The van der Waals surface area contributed by atoms with Crippen molar-refractivity contribution in [2.75, 3.05) is 0 Å². The molecule has 2 nitrogen and oxygen atoms in total. The normalized spacial score (nSPS) is 10.9. The zero-order valence-electron chi connectivity index (χ0n) is 14.4. The van der Waals surface area contributed by atoms with E-state index >= 15 is 0 Å². The summed E-state index contributed by atoms with van der Waals surface area (Å²) in [7, 11) is 0. The Morgan fingerprint density at radius 3 is 2.11 bits per heavy atom. The number of hydrogen-bond donors (Lipinski definition) is 0. The van der Waals surface area contributed by atoms with Gasteiger partial charge in [-0.05, 0) is 46.5 Å². The minimum atomic E-state index is 0.437. The molecule has 5 rings (SSSR count). The number of nitrogens with zero attached hydrogens (tertiary/aromatic N) is 2. The Kier molecular flexibility index (Phi) is 3.71. The lowest BCUT2D eigenvalue weighted by molar-refractivity contribution is 1.26. The number of nitriles is 1. The summed E-state index contributed by atoms with van der Waals surface area (Å²) in [4.78, 5) is 4.04. The molecule has 27 heavy (non-hydrogen) atoms. The SMILES string of the molecule is N#Cc1cc(-c2ccc(-c3ccc4c(c3)sc3ccccc34)cc2)ccn1. The van der Waals surface area contributed by atoms with Crippen LogP contribution in [0.3, 0.4) is 0 Å². The van der Waals surface area contributed by atoms with Crippen molar-refractivity contribution in [3.8, 4) is 28.3 Å². The first-order valence-electron chi connectivity index (χ1n) is 8.70. The largest absolute Gasteiger partial charge is 0.246 e. The van der Waals surface area contributed by atoms with Gasteiger partial charge in [-0.1, -0.05) is 54.6 Å². The number of aromatic nitrogens is 1. The summed E-state index contributed by atoms with van der Waals surface area (Å²) >= 11 is 1.84. The van der Waals surface area contributed by atoms with Crippen LogP contribution in [0.2, 0.25) is 0 Å². The smallest absolute Gasteiger partial charge is 0.141 e. The summed E-state index contributed by atoms with van der Waals surface area (Å²) in [5.74, 6) is 0. The standard InChI is InChI=1S/C24H14N2S/c25-15-20-13-19(11-12-26-20)17-7-5-16(6-8-17)18-9-10-22-21-3-1-2-4-23(21)27-24(22)14-18/h1-14H. The van der Waals surface area contributed by atoms with Crippen molar-refractivity contribution in [2.24, 2.45) is 0 Å². The predicted molar refractivity (Wildman–Crippen MR) is 113 cm³/mol. The molecule has 0 unspecified atom stereocenters. The predicted octanol–water partition coefficient (Wildman–Crippen LogP) is 6.66. The van der Waals surface area contributed by atoms with E-state index in [1.54, 1.807) is 6.20 Å². The fraction of sp³-hybridized carbons (Fsp3) is 0. The molecule has 0 aliphatic carbocycles. The summed E-state index contributed by atoms with van der Waals surface area (Å²) < 4.78 is 2.64. The minimum Gasteiger partial charge on any atom is -0.246 e. The third-order valence-electron chi connectivity index (χ3n) is 4.80. The molecule has 0 aliphatic heterocycles. The Morgan fingerprint density at radius 2 is 1.33 bits per heavy atom. The molecule has 3 aromatic carbocycles. The van der Waals surface area contributed by atoms with E-state index in [9.17, 15) is 0 Å². The van der Waals surface area contributed by atoms with Gasteiger partial charge in [0.15, 0.2) is 0 Å². The van der Waals surface area contributed by atoms with Gasteiger partial charge in [-0.15, -0.1) is 11.3 Å². The molecule has 5 aromatic rings. The molecule has 2 heterocycles. The van der Waals surface area contributed by atoms with Crippen molar-refractivity contribution in [3.63, 3.8) is 0 Å². The van der Waals surface area contributed by atoms with E-state index in [0.29, 0.717) is 5.69 Å². The molecule has 0 spiro atoms. The van der Waals surface area contributed by atoms with Crippen molar-refractivity contribution in [1.82, 2.24) is 4.98 Å². The van der Waals surface area contributed by atoms with Gasteiger partial charge in [0.25, 0.3) is 0 Å². The molecule has 2 aromatic heterocycles. The second kappa shape index (κ2) is 6.35. The quantitative estimate of drug-likeness (QED) is 0.352. The highest BCUT2D eigenvalue weighted by Crippen LogP contribution is 2.36. The van der Waals surface area contributed by atoms with Crippen LogP contribution >= 0.6 is 11.3 Å². The van der Waals surface area contributed by atoms with Crippen LogP contribution in [0.4, 0.5) is 0 Å². The van der Waals surface area contributed by atoms with E-state index in [4.69, 9.17) is 5.26 Å². The molecule has 0 bridgehead atoms. The van der Waals surface area contributed by atoms with Gasteiger partial charge in [-0.25, -0.2) is 4.98 Å². The summed E-state index contributed by atoms with van der Waals surface area (Å²) in [6.45, 7) is 0. The van der Waals surface area contributed by atoms with Gasteiger partial charge in [0.1, 0.15) is 11.8 Å². The van der Waals surface area contributed by atoms with E-state index in [1.165, 1.54) is 31.3 Å². The molecule has 0 atom stereocenters. The van der Waals surface area contributed by atoms with Crippen molar-refractivity contribution in [1.29, 1.82) is 5.26 Å². The first-order chi connectivity index (χ1) is 13.3. The lowest BCUT2D eigenvalue weighted by Crippen LogP contribution is -1.84. The van der Waals surface area contributed by atoms with Crippen LogP contribution in [0.1, 0.15) is 5.69 Å². The second-order valence-electron chi connectivity index (χ2n) is 6.43. The number of benzene rings is 3. The van der Waals surface area contributed by atoms with Crippen molar-refractivity contribution in [3.05, 3.63) is 90.8 Å². The van der Waals surface area contributed by atoms with Crippen molar-refractivity contribution < 1.29 is 0 Å². The summed E-state index contributed by atoms with van der Waals surface area (Å²) in [6, 6.07) is 29.5. The van der Waals surface area contributed by atoms with E-state index in [1.807, 2.05) is 23.5 Å². The lowest BCUT2D eigenvalue weighted by atomic mass is 10.00. The second-order valence-corrected chi connectivity index (χ2v) is 7.51. The minimum absolute atomic E-state index is 0.437. The topological polar surface area (TPSA) is 36.7 Å². The molecule has 0 saturated carbocycles. The van der Waals surface area contributed by atoms with Crippen molar-refractivity contribution >= 4 is 31.5 Å². The zero-order chi connectivity index (χ0) is 18.2. The first kappa shape index (κ1) is 15.7. The zero-order valence-corrected chi connectivity index (χ0v) is 15.2.